The standard InChI is InChI=1S/C26H30N2O2/c29-24(27-18-19-10-2-1-3-11-19)23-21-14-6-7-15-22(21)25(30)28(20-12-4-5-13-20)26(23)16-8-9-17-26/h1-3,6-7,10-11,14-15,20,23H,4-5,8-9,12-13,16-18H2,(H,27,29)/t23-/m0/s1. The van der Waals surface area contributed by atoms with Gasteiger partial charge in [0.25, 0.3) is 5.91 Å². The summed E-state index contributed by atoms with van der Waals surface area (Å²) in [5, 5.41) is 3.21. The summed E-state index contributed by atoms with van der Waals surface area (Å²) >= 11 is 0. The normalized spacial score (nSPS) is 23.0. The molecule has 0 saturated heterocycles. The molecular formula is C26H30N2O2. The fourth-order valence-electron chi connectivity index (χ4n) is 6.19. The van der Waals surface area contributed by atoms with Crippen LogP contribution in [0.25, 0.3) is 0 Å². The molecule has 2 aliphatic carbocycles. The van der Waals surface area contributed by atoms with Crippen molar-refractivity contribution in [2.24, 2.45) is 0 Å². The molecule has 0 bridgehead atoms. The highest BCUT2D eigenvalue weighted by Crippen LogP contribution is 2.52. The van der Waals surface area contributed by atoms with Crippen molar-refractivity contribution in [3.63, 3.8) is 0 Å². The van der Waals surface area contributed by atoms with E-state index >= 15 is 0 Å². The van der Waals surface area contributed by atoms with Gasteiger partial charge >= 0.3 is 0 Å². The Bertz CT molecular complexity index is 927. The Morgan fingerprint density at radius 2 is 1.60 bits per heavy atom. The highest BCUT2D eigenvalue weighted by atomic mass is 16.2. The summed E-state index contributed by atoms with van der Waals surface area (Å²) in [6, 6.07) is 18.1. The summed E-state index contributed by atoms with van der Waals surface area (Å²) < 4.78 is 0. The number of amides is 2. The number of fused-ring (bicyclic) bond motifs is 1. The first kappa shape index (κ1) is 19.3. The van der Waals surface area contributed by atoms with E-state index in [9.17, 15) is 9.59 Å². The number of nitrogens with one attached hydrogen (secondary N) is 1. The summed E-state index contributed by atoms with van der Waals surface area (Å²) in [7, 11) is 0. The zero-order valence-electron chi connectivity index (χ0n) is 17.5. The van der Waals surface area contributed by atoms with Crippen LogP contribution in [-0.2, 0) is 11.3 Å². The number of hydrogen-bond donors (Lipinski definition) is 1. The third kappa shape index (κ3) is 3.13. The molecule has 4 nitrogen and oxygen atoms in total. The molecule has 1 heterocycles. The van der Waals surface area contributed by atoms with Crippen molar-refractivity contribution in [2.75, 3.05) is 0 Å². The topological polar surface area (TPSA) is 49.4 Å². The molecule has 0 aromatic heterocycles. The molecule has 0 unspecified atom stereocenters. The van der Waals surface area contributed by atoms with E-state index in [1.807, 2.05) is 54.6 Å². The molecule has 2 amide bonds. The molecule has 1 atom stereocenters. The van der Waals surface area contributed by atoms with E-state index in [1.165, 1.54) is 12.8 Å². The number of benzene rings is 2. The molecule has 3 aliphatic rings. The lowest BCUT2D eigenvalue weighted by Crippen LogP contribution is -2.63. The van der Waals surface area contributed by atoms with Gasteiger partial charge in [-0.2, -0.15) is 0 Å². The Hall–Kier alpha value is -2.62. The van der Waals surface area contributed by atoms with E-state index < -0.39 is 0 Å². The Morgan fingerprint density at radius 1 is 0.933 bits per heavy atom. The van der Waals surface area contributed by atoms with Crippen molar-refractivity contribution < 1.29 is 9.59 Å². The van der Waals surface area contributed by atoms with Crippen LogP contribution in [0.4, 0.5) is 0 Å². The number of carbonyl (C=O) groups is 2. The second kappa shape index (κ2) is 7.90. The lowest BCUT2D eigenvalue weighted by atomic mass is 9.70. The van der Waals surface area contributed by atoms with E-state index in [-0.39, 0.29) is 29.3 Å². The Labute approximate surface area is 178 Å². The maximum atomic E-state index is 13.7. The zero-order chi connectivity index (χ0) is 20.6. The van der Waals surface area contributed by atoms with Gasteiger partial charge in [0, 0.05) is 18.2 Å². The van der Waals surface area contributed by atoms with Gasteiger partial charge in [0.05, 0.1) is 11.5 Å². The third-order valence-electron chi connectivity index (χ3n) is 7.47. The molecule has 0 radical (unpaired) electrons. The van der Waals surface area contributed by atoms with Crippen LogP contribution in [0.3, 0.4) is 0 Å². The quantitative estimate of drug-likeness (QED) is 0.799. The number of carbonyl (C=O) groups excluding carboxylic acids is 2. The average molecular weight is 403 g/mol. The van der Waals surface area contributed by atoms with Crippen molar-refractivity contribution in [3.05, 3.63) is 71.3 Å². The van der Waals surface area contributed by atoms with Crippen LogP contribution < -0.4 is 5.32 Å². The van der Waals surface area contributed by atoms with Gasteiger partial charge in [-0.25, -0.2) is 0 Å². The molecule has 30 heavy (non-hydrogen) atoms. The minimum Gasteiger partial charge on any atom is -0.351 e. The number of nitrogens with zero attached hydrogens (tertiary/aromatic N) is 1. The zero-order valence-corrected chi connectivity index (χ0v) is 17.5. The third-order valence-corrected chi connectivity index (χ3v) is 7.47. The fourth-order valence-corrected chi connectivity index (χ4v) is 6.19. The molecule has 1 aliphatic heterocycles. The van der Waals surface area contributed by atoms with Gasteiger partial charge in [0.1, 0.15) is 0 Å². The van der Waals surface area contributed by atoms with Crippen LogP contribution in [-0.4, -0.2) is 28.3 Å². The SMILES string of the molecule is O=C(NCc1ccccc1)[C@@H]1c2ccccc2C(=O)N(C2CCCC2)C12CCCC2. The van der Waals surface area contributed by atoms with Gasteiger partial charge < -0.3 is 10.2 Å². The van der Waals surface area contributed by atoms with Crippen LogP contribution in [0.5, 0.6) is 0 Å². The molecule has 1 N–H and O–H groups in total. The van der Waals surface area contributed by atoms with Crippen molar-refractivity contribution in [2.45, 2.75) is 75.4 Å². The number of rotatable bonds is 4. The molecule has 2 aromatic carbocycles. The minimum absolute atomic E-state index is 0.0590. The molecule has 2 fully saturated rings. The monoisotopic (exact) mass is 402 g/mol. The molecule has 5 rings (SSSR count). The van der Waals surface area contributed by atoms with E-state index in [0.717, 1.165) is 55.2 Å². The average Bonchev–Trinajstić information content (AvgIpc) is 3.47. The second-order valence-corrected chi connectivity index (χ2v) is 9.15. The lowest BCUT2D eigenvalue weighted by molar-refractivity contribution is -0.127. The highest BCUT2D eigenvalue weighted by Gasteiger charge is 2.57. The highest BCUT2D eigenvalue weighted by molar-refractivity contribution is 6.02. The van der Waals surface area contributed by atoms with Gasteiger partial charge in [-0.05, 0) is 42.9 Å². The van der Waals surface area contributed by atoms with Gasteiger partial charge in [-0.1, -0.05) is 74.2 Å². The van der Waals surface area contributed by atoms with E-state index in [0.29, 0.717) is 6.54 Å². The molecule has 2 saturated carbocycles. The van der Waals surface area contributed by atoms with Crippen molar-refractivity contribution >= 4 is 11.8 Å². The molecule has 1 spiro atoms. The van der Waals surface area contributed by atoms with E-state index in [4.69, 9.17) is 0 Å². The predicted octanol–water partition coefficient (Wildman–Crippen LogP) is 4.80. The van der Waals surface area contributed by atoms with Crippen LogP contribution in [0, 0.1) is 0 Å². The van der Waals surface area contributed by atoms with Crippen molar-refractivity contribution in [1.82, 2.24) is 10.2 Å². The summed E-state index contributed by atoms with van der Waals surface area (Å²) in [4.78, 5) is 29.6. The van der Waals surface area contributed by atoms with Gasteiger partial charge in [-0.15, -0.1) is 0 Å². The molecule has 156 valence electrons. The van der Waals surface area contributed by atoms with Gasteiger partial charge in [0.15, 0.2) is 0 Å². The summed E-state index contributed by atoms with van der Waals surface area (Å²) in [6.45, 7) is 0.520. The predicted molar refractivity (Wildman–Crippen MR) is 117 cm³/mol. The molecule has 2 aromatic rings. The van der Waals surface area contributed by atoms with Crippen molar-refractivity contribution in [1.29, 1.82) is 0 Å². The fraction of sp³-hybridized carbons (Fsp3) is 0.462. The first-order valence-corrected chi connectivity index (χ1v) is 11.4. The second-order valence-electron chi connectivity index (χ2n) is 9.15. The maximum absolute atomic E-state index is 13.7. The van der Waals surface area contributed by atoms with Crippen LogP contribution in [0.15, 0.2) is 54.6 Å². The maximum Gasteiger partial charge on any atom is 0.254 e. The van der Waals surface area contributed by atoms with Crippen LogP contribution >= 0.6 is 0 Å². The largest absolute Gasteiger partial charge is 0.351 e. The number of hydrogen-bond acceptors (Lipinski definition) is 2. The van der Waals surface area contributed by atoms with Crippen molar-refractivity contribution in [3.8, 4) is 0 Å². The van der Waals surface area contributed by atoms with Gasteiger partial charge in [0.2, 0.25) is 5.91 Å². The Kier molecular flexibility index (Phi) is 5.10. The lowest BCUT2D eigenvalue weighted by Gasteiger charge is -2.52. The Morgan fingerprint density at radius 3 is 2.33 bits per heavy atom. The van der Waals surface area contributed by atoms with Crippen LogP contribution in [0.1, 0.15) is 78.8 Å². The van der Waals surface area contributed by atoms with Crippen LogP contribution in [0.2, 0.25) is 0 Å². The first-order chi connectivity index (χ1) is 14.7. The first-order valence-electron chi connectivity index (χ1n) is 11.4. The van der Waals surface area contributed by atoms with Gasteiger partial charge in [-0.3, -0.25) is 9.59 Å². The molecule has 4 heteroatoms. The smallest absolute Gasteiger partial charge is 0.254 e. The van der Waals surface area contributed by atoms with E-state index in [1.54, 1.807) is 0 Å². The molecular weight excluding hydrogens is 372 g/mol. The minimum atomic E-state index is -0.374. The summed E-state index contributed by atoms with van der Waals surface area (Å²) in [5.41, 5.74) is 2.37. The Balaban J connectivity index is 1.55. The summed E-state index contributed by atoms with van der Waals surface area (Å²) in [6.07, 6.45) is 8.50. The summed E-state index contributed by atoms with van der Waals surface area (Å²) in [5.74, 6) is -0.0894. The van der Waals surface area contributed by atoms with E-state index in [2.05, 4.69) is 10.2 Å².